The molecule has 13 heteroatoms. The SMILES string of the molecule is [2H]C([2H])([2H])Oc1ncccc1C([2H])([2H])Nc1nc(C(F)(F)F)ncc1C(=O)N[C@H](/C=C/S(C)(=O)=O)C1CC1. The third kappa shape index (κ3) is 6.88. The summed E-state index contributed by atoms with van der Waals surface area (Å²) in [5, 5.41) is 5.51. The Kier molecular flexibility index (Phi) is 5.38. The number of hydrogen-bond acceptors (Lipinski definition) is 8. The quantitative estimate of drug-likeness (QED) is 0.550. The monoisotopic (exact) mass is 490 g/mol. The van der Waals surface area contributed by atoms with Crippen molar-refractivity contribution >= 4 is 21.6 Å². The molecule has 0 saturated heterocycles. The number of aromatic nitrogens is 3. The van der Waals surface area contributed by atoms with E-state index in [1.54, 1.807) is 0 Å². The highest BCUT2D eigenvalue weighted by molar-refractivity contribution is 7.93. The largest absolute Gasteiger partial charge is 0.481 e. The number of amides is 1. The molecule has 0 bridgehead atoms. The van der Waals surface area contributed by atoms with Crippen LogP contribution in [-0.2, 0) is 22.5 Å². The standard InChI is InChI=1S/C20H22F3N5O4S/c1-32-18-13(4-3-8-24-18)10-25-16-14(11-26-19(28-16)20(21,22)23)17(29)27-15(12-5-6-12)7-9-33(2,30)31/h3-4,7-9,11-12,15H,5-6,10H2,1-2H3,(H,27,29)(H,25,26,28)/b9-7+/t15-/m1/s1/i1D3,10D2. The Labute approximate surface area is 195 Å². The summed E-state index contributed by atoms with van der Waals surface area (Å²) < 4.78 is 106. The second-order valence-corrected chi connectivity index (χ2v) is 9.09. The fourth-order valence-electron chi connectivity index (χ4n) is 2.71. The first-order valence-corrected chi connectivity index (χ1v) is 11.4. The third-order valence-corrected chi connectivity index (χ3v) is 5.08. The summed E-state index contributed by atoms with van der Waals surface area (Å²) in [4.78, 5) is 23.2. The highest BCUT2D eigenvalue weighted by atomic mass is 32.2. The van der Waals surface area contributed by atoms with Crippen LogP contribution >= 0.6 is 0 Å². The maximum Gasteiger partial charge on any atom is 0.451 e. The molecule has 2 N–H and O–H groups in total. The van der Waals surface area contributed by atoms with E-state index in [0.29, 0.717) is 19.0 Å². The maximum atomic E-state index is 13.3. The first-order chi connectivity index (χ1) is 17.4. The topological polar surface area (TPSA) is 123 Å². The lowest BCUT2D eigenvalue weighted by Gasteiger charge is -2.17. The van der Waals surface area contributed by atoms with Crippen molar-refractivity contribution in [1.29, 1.82) is 0 Å². The van der Waals surface area contributed by atoms with Gasteiger partial charge in [0.25, 0.3) is 5.91 Å². The molecule has 0 spiro atoms. The molecule has 1 amide bonds. The molecule has 178 valence electrons. The van der Waals surface area contributed by atoms with Crippen LogP contribution < -0.4 is 15.4 Å². The average molecular weight is 491 g/mol. The molecule has 0 aromatic carbocycles. The number of carbonyl (C=O) groups is 1. The van der Waals surface area contributed by atoms with Crippen LogP contribution in [0.25, 0.3) is 0 Å². The van der Waals surface area contributed by atoms with Crippen molar-refractivity contribution in [3.05, 3.63) is 53.0 Å². The van der Waals surface area contributed by atoms with E-state index in [0.717, 1.165) is 23.9 Å². The second kappa shape index (κ2) is 9.73. The van der Waals surface area contributed by atoms with Gasteiger partial charge in [-0.3, -0.25) is 4.79 Å². The molecular weight excluding hydrogens is 463 g/mol. The van der Waals surface area contributed by atoms with Gasteiger partial charge in [0.15, 0.2) is 9.84 Å². The number of carbonyl (C=O) groups excluding carboxylic acids is 1. The minimum Gasteiger partial charge on any atom is -0.481 e. The number of pyridine rings is 1. The zero-order chi connectivity index (χ0) is 28.5. The summed E-state index contributed by atoms with van der Waals surface area (Å²) in [6, 6.07) is 1.55. The third-order valence-electron chi connectivity index (χ3n) is 4.43. The lowest BCUT2D eigenvalue weighted by atomic mass is 10.1. The van der Waals surface area contributed by atoms with Crippen molar-refractivity contribution in [2.24, 2.45) is 5.92 Å². The number of anilines is 1. The normalized spacial score (nSPS) is 18.4. The summed E-state index contributed by atoms with van der Waals surface area (Å²) in [5.74, 6) is -4.31. The van der Waals surface area contributed by atoms with Gasteiger partial charge in [-0.15, -0.1) is 0 Å². The van der Waals surface area contributed by atoms with E-state index in [1.165, 1.54) is 12.1 Å². The lowest BCUT2D eigenvalue weighted by Crippen LogP contribution is -2.36. The minimum atomic E-state index is -5.04. The highest BCUT2D eigenvalue weighted by Gasteiger charge is 2.36. The number of hydrogen-bond donors (Lipinski definition) is 2. The van der Waals surface area contributed by atoms with E-state index >= 15 is 0 Å². The number of methoxy groups -OCH3 is 1. The van der Waals surface area contributed by atoms with Crippen LogP contribution in [-0.4, -0.2) is 48.6 Å². The Morgan fingerprint density at radius 3 is 2.82 bits per heavy atom. The van der Waals surface area contributed by atoms with Gasteiger partial charge in [-0.25, -0.2) is 23.4 Å². The summed E-state index contributed by atoms with van der Waals surface area (Å²) in [5.41, 5.74) is -1.08. The molecule has 1 saturated carbocycles. The van der Waals surface area contributed by atoms with Crippen molar-refractivity contribution in [3.8, 4) is 5.88 Å². The van der Waals surface area contributed by atoms with Crippen molar-refractivity contribution < 1.29 is 38.0 Å². The number of halogens is 3. The smallest absolute Gasteiger partial charge is 0.451 e. The van der Waals surface area contributed by atoms with E-state index in [9.17, 15) is 26.4 Å². The molecular formula is C20H22F3N5O4S. The predicted molar refractivity (Wildman–Crippen MR) is 113 cm³/mol. The summed E-state index contributed by atoms with van der Waals surface area (Å²) in [7, 11) is -6.54. The molecule has 0 unspecified atom stereocenters. The molecule has 2 heterocycles. The number of ether oxygens (including phenoxy) is 1. The fraction of sp³-hybridized carbons (Fsp3) is 0.400. The highest BCUT2D eigenvalue weighted by Crippen LogP contribution is 2.34. The molecule has 1 aliphatic carbocycles. The molecule has 1 atom stereocenters. The van der Waals surface area contributed by atoms with Crippen molar-refractivity contribution in [2.75, 3.05) is 18.6 Å². The van der Waals surface area contributed by atoms with E-state index in [1.807, 2.05) is 0 Å². The van der Waals surface area contributed by atoms with Gasteiger partial charge in [-0.2, -0.15) is 13.2 Å². The summed E-state index contributed by atoms with van der Waals surface area (Å²) in [6.45, 7) is -2.84. The zero-order valence-corrected chi connectivity index (χ0v) is 17.9. The Morgan fingerprint density at radius 2 is 2.18 bits per heavy atom. The zero-order valence-electron chi connectivity index (χ0n) is 22.0. The van der Waals surface area contributed by atoms with Crippen LogP contribution in [0.15, 0.2) is 36.0 Å². The number of sulfone groups is 1. The first kappa shape index (κ1) is 18.2. The van der Waals surface area contributed by atoms with Gasteiger partial charge in [-0.1, -0.05) is 12.1 Å². The molecule has 2 aromatic heterocycles. The Morgan fingerprint density at radius 1 is 1.42 bits per heavy atom. The van der Waals surface area contributed by atoms with Gasteiger partial charge in [0, 0.05) is 36.1 Å². The van der Waals surface area contributed by atoms with Gasteiger partial charge >= 0.3 is 6.18 Å². The first-order valence-electron chi connectivity index (χ1n) is 11.9. The van der Waals surface area contributed by atoms with Crippen LogP contribution in [0.1, 0.15) is 41.4 Å². The number of alkyl halides is 3. The Hall–Kier alpha value is -3.22. The van der Waals surface area contributed by atoms with Crippen LogP contribution in [0.4, 0.5) is 19.0 Å². The van der Waals surface area contributed by atoms with Gasteiger partial charge < -0.3 is 15.4 Å². The summed E-state index contributed by atoms with van der Waals surface area (Å²) >= 11 is 0. The van der Waals surface area contributed by atoms with Gasteiger partial charge in [0.1, 0.15) is 11.4 Å². The number of nitrogens with zero attached hydrogens (tertiary/aromatic N) is 3. The van der Waals surface area contributed by atoms with Crippen molar-refractivity contribution in [3.63, 3.8) is 0 Å². The van der Waals surface area contributed by atoms with Gasteiger partial charge in [-0.05, 0) is 24.8 Å². The van der Waals surface area contributed by atoms with Crippen LogP contribution in [0, 0.1) is 5.92 Å². The lowest BCUT2D eigenvalue weighted by molar-refractivity contribution is -0.144. The van der Waals surface area contributed by atoms with E-state index < -0.39 is 70.1 Å². The predicted octanol–water partition coefficient (Wildman–Crippen LogP) is 2.58. The molecule has 2 aromatic rings. The average Bonchev–Trinajstić information content (AvgIpc) is 3.59. The fourth-order valence-corrected chi connectivity index (χ4v) is 3.16. The van der Waals surface area contributed by atoms with E-state index in [4.69, 9.17) is 11.6 Å². The van der Waals surface area contributed by atoms with E-state index in [2.05, 4.69) is 25.6 Å². The molecule has 1 aliphatic rings. The number of nitrogens with one attached hydrogen (secondary N) is 2. The summed E-state index contributed by atoms with van der Waals surface area (Å²) in [6.07, 6.45) is 0.163. The Bertz CT molecular complexity index is 1340. The number of rotatable bonds is 9. The maximum absolute atomic E-state index is 13.3. The van der Waals surface area contributed by atoms with Crippen LogP contribution in [0.2, 0.25) is 0 Å². The van der Waals surface area contributed by atoms with Crippen LogP contribution in [0.3, 0.4) is 0 Å². The molecule has 0 aliphatic heterocycles. The second-order valence-electron chi connectivity index (χ2n) is 7.16. The van der Waals surface area contributed by atoms with Crippen LogP contribution in [0.5, 0.6) is 5.88 Å². The molecule has 1 fully saturated rings. The molecule has 9 nitrogen and oxygen atoms in total. The van der Waals surface area contributed by atoms with Crippen molar-refractivity contribution in [2.45, 2.75) is 31.6 Å². The Balaban J connectivity index is 2.00. The molecule has 3 rings (SSSR count). The van der Waals surface area contributed by atoms with Crippen molar-refractivity contribution in [1.82, 2.24) is 20.3 Å². The van der Waals surface area contributed by atoms with Gasteiger partial charge in [0.05, 0.1) is 19.9 Å². The van der Waals surface area contributed by atoms with E-state index in [-0.39, 0.29) is 5.92 Å². The molecule has 0 radical (unpaired) electrons. The molecule has 33 heavy (non-hydrogen) atoms. The minimum absolute atomic E-state index is 0.106. The van der Waals surface area contributed by atoms with Gasteiger partial charge in [0.2, 0.25) is 11.7 Å².